The first-order valence-corrected chi connectivity index (χ1v) is 12.5. The molecule has 7 nitrogen and oxygen atoms in total. The lowest BCUT2D eigenvalue weighted by Gasteiger charge is -2.32. The number of ether oxygens (including phenoxy) is 1. The van der Waals surface area contributed by atoms with Gasteiger partial charge in [0, 0.05) is 19.0 Å². The number of alkyl carbamates (subject to hydrolysis) is 1. The van der Waals surface area contributed by atoms with E-state index in [9.17, 15) is 19.5 Å². The van der Waals surface area contributed by atoms with Gasteiger partial charge < -0.3 is 20.1 Å². The molecule has 184 valence electrons. The molecule has 3 aliphatic rings. The summed E-state index contributed by atoms with van der Waals surface area (Å²) in [5.74, 6) is -1.63. The number of nitrogens with zero attached hydrogens (tertiary/aromatic N) is 1. The Balaban J connectivity index is 1.26. The molecule has 0 radical (unpaired) electrons. The molecule has 2 unspecified atom stereocenters. The molecule has 2 amide bonds. The standard InChI is InChI=1S/C28H32N2O5/c1-30(28(15-16-28)26(32)33)25(31)22-13-3-2-4-14-24(22)29-27(34)35-17-23-20-11-7-5-9-18(20)19-10-6-8-12-21(19)23/h5-12,22-24H,2-4,13-17H2,1H3,(H,29,34)(H,32,33). The molecule has 35 heavy (non-hydrogen) atoms. The lowest BCUT2D eigenvalue weighted by atomic mass is 9.92. The Morgan fingerprint density at radius 3 is 2.17 bits per heavy atom. The normalized spacial score (nSPS) is 22.3. The Hall–Kier alpha value is -3.35. The minimum atomic E-state index is -1.09. The van der Waals surface area contributed by atoms with Crippen LogP contribution in [-0.4, -0.2) is 53.2 Å². The van der Waals surface area contributed by atoms with Crippen LogP contribution in [0.1, 0.15) is 62.0 Å². The van der Waals surface area contributed by atoms with Gasteiger partial charge in [0.15, 0.2) is 0 Å². The number of nitrogens with one attached hydrogen (secondary N) is 1. The van der Waals surface area contributed by atoms with E-state index >= 15 is 0 Å². The first kappa shape index (κ1) is 23.4. The van der Waals surface area contributed by atoms with E-state index in [-0.39, 0.29) is 24.5 Å². The van der Waals surface area contributed by atoms with E-state index in [1.165, 1.54) is 16.0 Å². The van der Waals surface area contributed by atoms with E-state index in [0.717, 1.165) is 30.4 Å². The number of hydrogen-bond donors (Lipinski definition) is 2. The number of likely N-dealkylation sites (N-methyl/N-ethyl adjacent to an activating group) is 1. The number of hydrogen-bond acceptors (Lipinski definition) is 4. The van der Waals surface area contributed by atoms with Crippen molar-refractivity contribution in [1.29, 1.82) is 0 Å². The van der Waals surface area contributed by atoms with Gasteiger partial charge in [-0.2, -0.15) is 0 Å². The quantitative estimate of drug-likeness (QED) is 0.597. The monoisotopic (exact) mass is 476 g/mol. The number of rotatable bonds is 6. The molecule has 0 spiro atoms. The van der Waals surface area contributed by atoms with Crippen LogP contribution in [0, 0.1) is 5.92 Å². The van der Waals surface area contributed by atoms with E-state index in [1.807, 2.05) is 24.3 Å². The van der Waals surface area contributed by atoms with Crippen molar-refractivity contribution in [3.8, 4) is 11.1 Å². The van der Waals surface area contributed by atoms with Gasteiger partial charge >= 0.3 is 12.1 Å². The Bertz CT molecular complexity index is 1100. The maximum Gasteiger partial charge on any atom is 0.407 e. The van der Waals surface area contributed by atoms with Gasteiger partial charge in [0.1, 0.15) is 12.1 Å². The molecular weight excluding hydrogens is 444 g/mol. The highest BCUT2D eigenvalue weighted by Crippen LogP contribution is 2.45. The van der Waals surface area contributed by atoms with Crippen molar-refractivity contribution in [3.63, 3.8) is 0 Å². The van der Waals surface area contributed by atoms with Crippen LogP contribution in [-0.2, 0) is 14.3 Å². The Morgan fingerprint density at radius 1 is 0.971 bits per heavy atom. The summed E-state index contributed by atoms with van der Waals surface area (Å²) in [7, 11) is 1.58. The maximum atomic E-state index is 13.3. The minimum Gasteiger partial charge on any atom is -0.479 e. The number of carbonyl (C=O) groups is 3. The summed E-state index contributed by atoms with van der Waals surface area (Å²) in [4.78, 5) is 39.4. The maximum absolute atomic E-state index is 13.3. The predicted molar refractivity (Wildman–Crippen MR) is 131 cm³/mol. The summed E-state index contributed by atoms with van der Waals surface area (Å²) in [5.41, 5.74) is 3.55. The molecular formula is C28H32N2O5. The third kappa shape index (κ3) is 4.28. The summed E-state index contributed by atoms with van der Waals surface area (Å²) < 4.78 is 5.72. The first-order valence-electron chi connectivity index (χ1n) is 12.5. The van der Waals surface area contributed by atoms with Crippen LogP contribution in [0.5, 0.6) is 0 Å². The van der Waals surface area contributed by atoms with Gasteiger partial charge in [0.2, 0.25) is 5.91 Å². The van der Waals surface area contributed by atoms with E-state index in [4.69, 9.17) is 4.74 Å². The summed E-state index contributed by atoms with van der Waals surface area (Å²) in [5, 5.41) is 12.6. The fourth-order valence-electron chi connectivity index (χ4n) is 5.84. The molecule has 2 saturated carbocycles. The summed E-state index contributed by atoms with van der Waals surface area (Å²) in [6, 6.07) is 16.0. The van der Waals surface area contributed by atoms with Crippen LogP contribution in [0.2, 0.25) is 0 Å². The van der Waals surface area contributed by atoms with Crippen LogP contribution < -0.4 is 5.32 Å². The fraction of sp³-hybridized carbons (Fsp3) is 0.464. The SMILES string of the molecule is CN(C(=O)C1CCCCCC1NC(=O)OCC1c2ccccc2-c2ccccc21)C1(C(=O)O)CC1. The van der Waals surface area contributed by atoms with Crippen molar-refractivity contribution >= 4 is 18.0 Å². The molecule has 2 fully saturated rings. The molecule has 2 aromatic rings. The van der Waals surface area contributed by atoms with Gasteiger partial charge in [-0.15, -0.1) is 0 Å². The van der Waals surface area contributed by atoms with Gasteiger partial charge in [-0.25, -0.2) is 9.59 Å². The number of carboxylic acids is 1. The molecule has 3 aliphatic carbocycles. The van der Waals surface area contributed by atoms with Crippen molar-refractivity contribution in [2.75, 3.05) is 13.7 Å². The minimum absolute atomic E-state index is 0.0314. The number of amides is 2. The molecule has 0 aliphatic heterocycles. The second-order valence-electron chi connectivity index (χ2n) is 10.1. The Morgan fingerprint density at radius 2 is 1.57 bits per heavy atom. The van der Waals surface area contributed by atoms with Gasteiger partial charge in [-0.3, -0.25) is 4.79 Å². The van der Waals surface area contributed by atoms with Crippen LogP contribution in [0.15, 0.2) is 48.5 Å². The van der Waals surface area contributed by atoms with Crippen molar-refractivity contribution in [1.82, 2.24) is 10.2 Å². The van der Waals surface area contributed by atoms with Crippen molar-refractivity contribution in [2.45, 2.75) is 62.4 Å². The van der Waals surface area contributed by atoms with Crippen molar-refractivity contribution in [2.24, 2.45) is 5.92 Å². The third-order valence-electron chi connectivity index (χ3n) is 8.07. The second kappa shape index (κ2) is 9.36. The van der Waals surface area contributed by atoms with Gasteiger partial charge in [0.25, 0.3) is 0 Å². The number of benzene rings is 2. The summed E-state index contributed by atoms with van der Waals surface area (Å²) in [6.07, 6.45) is 4.50. The highest BCUT2D eigenvalue weighted by molar-refractivity contribution is 5.91. The zero-order chi connectivity index (χ0) is 24.6. The molecule has 5 rings (SSSR count). The second-order valence-corrected chi connectivity index (χ2v) is 10.1. The molecule has 0 bridgehead atoms. The van der Waals surface area contributed by atoms with Crippen LogP contribution in [0.3, 0.4) is 0 Å². The smallest absolute Gasteiger partial charge is 0.407 e. The number of fused-ring (bicyclic) bond motifs is 3. The van der Waals surface area contributed by atoms with Gasteiger partial charge in [0.05, 0.1) is 5.92 Å². The Kier molecular flexibility index (Phi) is 6.26. The van der Waals surface area contributed by atoms with Crippen molar-refractivity contribution < 1.29 is 24.2 Å². The lowest BCUT2D eigenvalue weighted by Crippen LogP contribution is -2.52. The number of carbonyl (C=O) groups excluding carboxylic acids is 2. The number of carboxylic acid groups (broad SMARTS) is 1. The molecule has 0 saturated heterocycles. The largest absolute Gasteiger partial charge is 0.479 e. The zero-order valence-corrected chi connectivity index (χ0v) is 20.0. The topological polar surface area (TPSA) is 95.9 Å². The zero-order valence-electron chi connectivity index (χ0n) is 20.0. The van der Waals surface area contributed by atoms with Gasteiger partial charge in [-0.1, -0.05) is 67.8 Å². The Labute approximate surface area is 205 Å². The average molecular weight is 477 g/mol. The van der Waals surface area contributed by atoms with E-state index < -0.39 is 23.5 Å². The van der Waals surface area contributed by atoms with Crippen LogP contribution in [0.4, 0.5) is 4.79 Å². The van der Waals surface area contributed by atoms with Crippen LogP contribution >= 0.6 is 0 Å². The molecule has 7 heteroatoms. The van der Waals surface area contributed by atoms with Crippen molar-refractivity contribution in [3.05, 3.63) is 59.7 Å². The first-order chi connectivity index (χ1) is 16.9. The fourth-order valence-corrected chi connectivity index (χ4v) is 5.84. The van der Waals surface area contributed by atoms with E-state index in [1.54, 1.807) is 7.05 Å². The lowest BCUT2D eigenvalue weighted by molar-refractivity contribution is -0.153. The van der Waals surface area contributed by atoms with Gasteiger partial charge in [-0.05, 0) is 47.9 Å². The highest BCUT2D eigenvalue weighted by atomic mass is 16.5. The molecule has 2 aromatic carbocycles. The van der Waals surface area contributed by atoms with E-state index in [0.29, 0.717) is 25.7 Å². The molecule has 2 N–H and O–H groups in total. The molecule has 2 atom stereocenters. The summed E-state index contributed by atoms with van der Waals surface area (Å²) >= 11 is 0. The molecule has 0 heterocycles. The number of aliphatic carboxylic acids is 1. The predicted octanol–water partition coefficient (Wildman–Crippen LogP) is 4.55. The average Bonchev–Trinajstić information content (AvgIpc) is 3.65. The molecule has 0 aromatic heterocycles. The van der Waals surface area contributed by atoms with E-state index in [2.05, 4.69) is 29.6 Å². The highest BCUT2D eigenvalue weighted by Gasteiger charge is 2.56. The summed E-state index contributed by atoms with van der Waals surface area (Å²) in [6.45, 7) is 0.215. The van der Waals surface area contributed by atoms with Crippen LogP contribution in [0.25, 0.3) is 11.1 Å². The third-order valence-corrected chi connectivity index (χ3v) is 8.07.